The van der Waals surface area contributed by atoms with Crippen molar-refractivity contribution in [2.75, 3.05) is 11.9 Å². The van der Waals surface area contributed by atoms with Crippen molar-refractivity contribution in [2.45, 2.75) is 20.3 Å². The average Bonchev–Trinajstić information content (AvgIpc) is 2.74. The summed E-state index contributed by atoms with van der Waals surface area (Å²) >= 11 is 11.6. The lowest BCUT2D eigenvalue weighted by Crippen LogP contribution is -2.06. The Kier molecular flexibility index (Phi) is 4.32. The number of nitrogens with one attached hydrogen (secondary N) is 1. The van der Waals surface area contributed by atoms with Crippen LogP contribution in [-0.2, 0) is 0 Å². The van der Waals surface area contributed by atoms with E-state index in [1.807, 2.05) is 17.7 Å². The molecule has 0 bridgehead atoms. The summed E-state index contributed by atoms with van der Waals surface area (Å²) in [5.41, 5.74) is 1.53. The maximum Gasteiger partial charge on any atom is 0.207 e. The fourth-order valence-corrected chi connectivity index (χ4v) is 2.21. The van der Waals surface area contributed by atoms with Gasteiger partial charge in [0.1, 0.15) is 0 Å². The van der Waals surface area contributed by atoms with Crippen LogP contribution in [-0.4, -0.2) is 16.1 Å². The summed E-state index contributed by atoms with van der Waals surface area (Å²) in [6.45, 7) is 4.76. The molecule has 0 saturated heterocycles. The lowest BCUT2D eigenvalue weighted by atomic mass is 10.3. The van der Waals surface area contributed by atoms with Gasteiger partial charge in [-0.2, -0.15) is 0 Å². The van der Waals surface area contributed by atoms with Crippen molar-refractivity contribution in [3.8, 4) is 5.69 Å². The number of nitrogens with zero attached hydrogens (tertiary/aromatic N) is 2. The van der Waals surface area contributed by atoms with Crippen LogP contribution in [0.3, 0.4) is 0 Å². The summed E-state index contributed by atoms with van der Waals surface area (Å²) in [6, 6.07) is 3.06. The van der Waals surface area contributed by atoms with Gasteiger partial charge >= 0.3 is 0 Å². The van der Waals surface area contributed by atoms with E-state index in [0.29, 0.717) is 11.6 Å². The van der Waals surface area contributed by atoms with Gasteiger partial charge in [0.05, 0.1) is 21.4 Å². The van der Waals surface area contributed by atoms with Crippen molar-refractivity contribution in [3.63, 3.8) is 0 Å². The van der Waals surface area contributed by atoms with Crippen molar-refractivity contribution in [3.05, 3.63) is 39.9 Å². The Morgan fingerprint density at radius 2 is 1.95 bits per heavy atom. The topological polar surface area (TPSA) is 29.9 Å². The summed E-state index contributed by atoms with van der Waals surface area (Å²) in [7, 11) is 0. The molecule has 1 N–H and O–H groups in total. The average molecular weight is 302 g/mol. The van der Waals surface area contributed by atoms with E-state index in [1.54, 1.807) is 0 Å². The number of halogens is 3. The lowest BCUT2D eigenvalue weighted by molar-refractivity contribution is 0.628. The van der Waals surface area contributed by atoms with Gasteiger partial charge in [0.2, 0.25) is 5.95 Å². The Labute approximate surface area is 121 Å². The zero-order valence-corrected chi connectivity index (χ0v) is 12.2. The Bertz CT molecular complexity index is 573. The number of rotatable bonds is 4. The molecule has 0 atom stereocenters. The molecule has 19 heavy (non-hydrogen) atoms. The highest BCUT2D eigenvalue weighted by atomic mass is 35.5. The van der Waals surface area contributed by atoms with Gasteiger partial charge in [-0.3, -0.25) is 4.57 Å². The third kappa shape index (κ3) is 3.01. The predicted molar refractivity (Wildman–Crippen MR) is 77.1 cm³/mol. The van der Waals surface area contributed by atoms with Gasteiger partial charge in [-0.05, 0) is 25.5 Å². The highest BCUT2D eigenvalue weighted by Crippen LogP contribution is 2.28. The molecule has 1 aromatic carbocycles. The van der Waals surface area contributed by atoms with Gasteiger partial charge in [0.15, 0.2) is 5.82 Å². The highest BCUT2D eigenvalue weighted by molar-refractivity contribution is 6.35. The van der Waals surface area contributed by atoms with Crippen LogP contribution < -0.4 is 5.32 Å². The van der Waals surface area contributed by atoms with Crippen molar-refractivity contribution in [2.24, 2.45) is 0 Å². The van der Waals surface area contributed by atoms with Crippen LogP contribution in [0.1, 0.15) is 19.0 Å². The molecule has 2 rings (SSSR count). The first-order valence-electron chi connectivity index (χ1n) is 5.97. The van der Waals surface area contributed by atoms with E-state index in [-0.39, 0.29) is 10.0 Å². The third-order valence-corrected chi connectivity index (χ3v) is 3.16. The summed E-state index contributed by atoms with van der Waals surface area (Å²) in [4.78, 5) is 4.38. The van der Waals surface area contributed by atoms with Gasteiger partial charge in [-0.1, -0.05) is 30.1 Å². The molecule has 3 nitrogen and oxygen atoms in total. The van der Waals surface area contributed by atoms with E-state index >= 15 is 0 Å². The Hall–Kier alpha value is -1.26. The number of anilines is 1. The molecule has 102 valence electrons. The number of hydrogen-bond acceptors (Lipinski definition) is 2. The number of hydrogen-bond donors (Lipinski definition) is 1. The second-order valence-electron chi connectivity index (χ2n) is 4.23. The van der Waals surface area contributed by atoms with Gasteiger partial charge < -0.3 is 5.32 Å². The Morgan fingerprint density at radius 3 is 2.53 bits per heavy atom. The number of aromatic nitrogens is 2. The number of aryl methyl sites for hydroxylation is 1. The van der Waals surface area contributed by atoms with E-state index in [2.05, 4.69) is 17.2 Å². The van der Waals surface area contributed by atoms with E-state index < -0.39 is 5.82 Å². The minimum atomic E-state index is -0.605. The van der Waals surface area contributed by atoms with Crippen LogP contribution in [0.15, 0.2) is 18.3 Å². The lowest BCUT2D eigenvalue weighted by Gasteiger charge is -2.10. The first-order chi connectivity index (χ1) is 9.02. The maximum atomic E-state index is 13.4. The van der Waals surface area contributed by atoms with Crippen LogP contribution in [0.5, 0.6) is 0 Å². The third-order valence-electron chi connectivity index (χ3n) is 2.61. The Balaban J connectivity index is 2.46. The zero-order chi connectivity index (χ0) is 14.0. The second-order valence-corrected chi connectivity index (χ2v) is 5.04. The standard InChI is InChI=1S/C13H14Cl2FN3/c1-3-4-17-13-18-8(2)7-19(13)9-5-10(14)12(16)11(15)6-9/h5-7H,3-4H2,1-2H3,(H,17,18). The van der Waals surface area contributed by atoms with Gasteiger partial charge in [-0.25, -0.2) is 9.37 Å². The molecule has 0 aliphatic rings. The molecule has 6 heteroatoms. The molecule has 2 aromatic rings. The minimum absolute atomic E-state index is 0.00436. The summed E-state index contributed by atoms with van der Waals surface area (Å²) in [5, 5.41) is 3.20. The minimum Gasteiger partial charge on any atom is -0.355 e. The summed E-state index contributed by atoms with van der Waals surface area (Å²) < 4.78 is 15.2. The number of imidazole rings is 1. The molecule has 1 heterocycles. The SMILES string of the molecule is CCCNc1nc(C)cn1-c1cc(Cl)c(F)c(Cl)c1. The molecule has 0 radical (unpaired) electrons. The Morgan fingerprint density at radius 1 is 1.32 bits per heavy atom. The van der Waals surface area contributed by atoms with Crippen LogP contribution in [0, 0.1) is 12.7 Å². The molecule has 0 fully saturated rings. The molecule has 0 aliphatic carbocycles. The first-order valence-corrected chi connectivity index (χ1v) is 6.73. The van der Waals surface area contributed by atoms with E-state index in [4.69, 9.17) is 23.2 Å². The normalized spacial score (nSPS) is 10.8. The molecule has 0 aliphatic heterocycles. The van der Waals surface area contributed by atoms with E-state index in [9.17, 15) is 4.39 Å². The fourth-order valence-electron chi connectivity index (χ4n) is 1.74. The quantitative estimate of drug-likeness (QED) is 0.846. The summed E-state index contributed by atoms with van der Waals surface area (Å²) in [6.07, 6.45) is 2.83. The van der Waals surface area contributed by atoms with Crippen molar-refractivity contribution in [1.29, 1.82) is 0 Å². The van der Waals surface area contributed by atoms with E-state index in [1.165, 1.54) is 12.1 Å². The van der Waals surface area contributed by atoms with Gasteiger partial charge in [0, 0.05) is 12.7 Å². The van der Waals surface area contributed by atoms with Crippen LogP contribution in [0.4, 0.5) is 10.3 Å². The van der Waals surface area contributed by atoms with E-state index in [0.717, 1.165) is 18.7 Å². The van der Waals surface area contributed by atoms with Crippen LogP contribution >= 0.6 is 23.2 Å². The van der Waals surface area contributed by atoms with Gasteiger partial charge in [0.25, 0.3) is 0 Å². The molecule has 0 unspecified atom stereocenters. The van der Waals surface area contributed by atoms with Crippen molar-refractivity contribution < 1.29 is 4.39 Å². The van der Waals surface area contributed by atoms with Crippen molar-refractivity contribution in [1.82, 2.24) is 9.55 Å². The zero-order valence-electron chi connectivity index (χ0n) is 10.7. The molecule has 0 spiro atoms. The molecular formula is C13H14Cl2FN3. The van der Waals surface area contributed by atoms with Crippen LogP contribution in [0.2, 0.25) is 10.0 Å². The predicted octanol–water partition coefficient (Wildman–Crippen LogP) is 4.45. The fraction of sp³-hybridized carbons (Fsp3) is 0.308. The first kappa shape index (κ1) is 14.2. The number of benzene rings is 1. The second kappa shape index (κ2) is 5.80. The smallest absolute Gasteiger partial charge is 0.207 e. The molecule has 0 saturated carbocycles. The van der Waals surface area contributed by atoms with Crippen LogP contribution in [0.25, 0.3) is 5.69 Å². The highest BCUT2D eigenvalue weighted by Gasteiger charge is 2.12. The largest absolute Gasteiger partial charge is 0.355 e. The molecule has 0 amide bonds. The van der Waals surface area contributed by atoms with Gasteiger partial charge in [-0.15, -0.1) is 0 Å². The molecular weight excluding hydrogens is 288 g/mol. The maximum absolute atomic E-state index is 13.4. The molecule has 1 aromatic heterocycles. The monoisotopic (exact) mass is 301 g/mol. The van der Waals surface area contributed by atoms with Crippen molar-refractivity contribution >= 4 is 29.2 Å². The summed E-state index contributed by atoms with van der Waals surface area (Å²) in [5.74, 6) is 0.0880.